The van der Waals surface area contributed by atoms with Crippen molar-refractivity contribution < 1.29 is 38.5 Å². The maximum Gasteiger partial charge on any atom is 0.411 e. The molecule has 10 heteroatoms. The van der Waals surface area contributed by atoms with Crippen LogP contribution in [-0.2, 0) is 23.8 Å². The Morgan fingerprint density at radius 2 is 1.16 bits per heavy atom. The van der Waals surface area contributed by atoms with Crippen LogP contribution in [0.5, 0.6) is 0 Å². The van der Waals surface area contributed by atoms with E-state index in [0.29, 0.717) is 25.9 Å². The first-order valence-electron chi connectivity index (χ1n) is 10.5. The summed E-state index contributed by atoms with van der Waals surface area (Å²) in [4.78, 5) is 48.4. The average Bonchev–Trinajstić information content (AvgIpc) is 3.28. The zero-order valence-electron chi connectivity index (χ0n) is 19.6. The highest BCUT2D eigenvalue weighted by atomic mass is 16.6. The van der Waals surface area contributed by atoms with Crippen molar-refractivity contribution >= 4 is 24.1 Å². The molecule has 0 aromatic carbocycles. The molecule has 2 aliphatic rings. The van der Waals surface area contributed by atoms with Gasteiger partial charge in [-0.2, -0.15) is 0 Å². The van der Waals surface area contributed by atoms with E-state index in [1.807, 2.05) is 0 Å². The Morgan fingerprint density at radius 3 is 1.52 bits per heavy atom. The molecule has 0 bridgehead atoms. The van der Waals surface area contributed by atoms with Crippen molar-refractivity contribution in [3.8, 4) is 0 Å². The van der Waals surface area contributed by atoms with Gasteiger partial charge in [-0.25, -0.2) is 19.2 Å². The molecule has 2 atom stereocenters. The van der Waals surface area contributed by atoms with E-state index in [9.17, 15) is 19.2 Å². The van der Waals surface area contributed by atoms with Crippen LogP contribution in [0.3, 0.4) is 0 Å². The quantitative estimate of drug-likeness (QED) is 0.509. The minimum Gasteiger partial charge on any atom is -0.480 e. The molecule has 2 rings (SSSR count). The Kier molecular flexibility index (Phi) is 9.13. The topological polar surface area (TPSA) is 123 Å². The number of rotatable bonds is 2. The number of carbonyl (C=O) groups is 4. The Balaban J connectivity index is 0.000000311. The van der Waals surface area contributed by atoms with E-state index in [-0.39, 0.29) is 5.97 Å². The molecule has 0 aromatic heterocycles. The highest BCUT2D eigenvalue weighted by Crippen LogP contribution is 2.22. The summed E-state index contributed by atoms with van der Waals surface area (Å²) >= 11 is 0. The summed E-state index contributed by atoms with van der Waals surface area (Å²) < 4.78 is 15.0. The standard InChI is InChI=1S/C11H19NO4.C10H17NO4/c1-11(2,3)16-10(14)12-7-5-6-8(12)9(13)15-4;1-10(2,3)15-9(14)11-6-4-5-7(11)8(12)13/h8H,5-7H2,1-4H3;7H,4-6H2,1-3H3,(H,12,13). The SMILES string of the molecule is CC(C)(C)OC(=O)N1CCCC1C(=O)O.COC(=O)C1CCCN1C(=O)OC(C)(C)C. The summed E-state index contributed by atoms with van der Waals surface area (Å²) in [6, 6.07) is -1.21. The third kappa shape index (κ3) is 8.63. The van der Waals surface area contributed by atoms with Crippen molar-refractivity contribution in [3.05, 3.63) is 0 Å². The van der Waals surface area contributed by atoms with Gasteiger partial charge in [-0.05, 0) is 67.2 Å². The van der Waals surface area contributed by atoms with Gasteiger partial charge in [0.1, 0.15) is 23.3 Å². The second-order valence-electron chi connectivity index (χ2n) is 9.52. The molecule has 2 heterocycles. The number of ether oxygens (including phenoxy) is 3. The number of methoxy groups -OCH3 is 1. The fourth-order valence-electron chi connectivity index (χ4n) is 3.25. The Labute approximate surface area is 183 Å². The molecule has 2 fully saturated rings. The zero-order valence-corrected chi connectivity index (χ0v) is 19.6. The number of hydrogen-bond donors (Lipinski definition) is 1. The predicted molar refractivity (Wildman–Crippen MR) is 112 cm³/mol. The third-order valence-corrected chi connectivity index (χ3v) is 4.52. The van der Waals surface area contributed by atoms with Gasteiger partial charge in [0, 0.05) is 13.1 Å². The molecule has 2 amide bonds. The molecule has 0 radical (unpaired) electrons. The van der Waals surface area contributed by atoms with E-state index < -0.39 is 41.4 Å². The van der Waals surface area contributed by atoms with Gasteiger partial charge in [0.25, 0.3) is 0 Å². The van der Waals surface area contributed by atoms with Crippen molar-refractivity contribution in [2.24, 2.45) is 0 Å². The Bertz CT molecular complexity index is 665. The van der Waals surface area contributed by atoms with Crippen molar-refractivity contribution in [1.82, 2.24) is 9.80 Å². The summed E-state index contributed by atoms with van der Waals surface area (Å²) in [5.41, 5.74) is -1.12. The number of amides is 2. The van der Waals surface area contributed by atoms with Gasteiger partial charge >= 0.3 is 24.1 Å². The molecule has 0 saturated carbocycles. The number of carboxylic acids is 1. The van der Waals surface area contributed by atoms with E-state index in [4.69, 9.17) is 14.6 Å². The normalized spacial score (nSPS) is 21.1. The van der Waals surface area contributed by atoms with Crippen LogP contribution in [0.15, 0.2) is 0 Å². The monoisotopic (exact) mass is 444 g/mol. The molecule has 0 spiro atoms. The summed E-state index contributed by atoms with van der Waals surface area (Å²) in [5, 5.41) is 8.88. The predicted octanol–water partition coefficient (Wildman–Crippen LogP) is 3.03. The van der Waals surface area contributed by atoms with Crippen LogP contribution in [0.25, 0.3) is 0 Å². The number of carboxylic acid groups (broad SMARTS) is 1. The fourth-order valence-corrected chi connectivity index (χ4v) is 3.25. The first kappa shape index (κ1) is 26.5. The van der Waals surface area contributed by atoms with Crippen molar-refractivity contribution in [1.29, 1.82) is 0 Å². The molecule has 0 aliphatic carbocycles. The Hall–Kier alpha value is -2.52. The van der Waals surface area contributed by atoms with Crippen LogP contribution in [-0.4, -0.2) is 82.5 Å². The van der Waals surface area contributed by atoms with E-state index in [0.717, 1.165) is 12.8 Å². The summed E-state index contributed by atoms with van der Waals surface area (Å²) in [6.07, 6.45) is 1.70. The first-order chi connectivity index (χ1) is 14.2. The Morgan fingerprint density at radius 1 is 0.774 bits per heavy atom. The fraction of sp³-hybridized carbons (Fsp3) is 0.810. The van der Waals surface area contributed by atoms with Crippen LogP contribution in [0, 0.1) is 0 Å². The van der Waals surface area contributed by atoms with E-state index >= 15 is 0 Å². The number of aliphatic carboxylic acids is 1. The van der Waals surface area contributed by atoms with Gasteiger partial charge < -0.3 is 19.3 Å². The molecular formula is C21H36N2O8. The van der Waals surface area contributed by atoms with Gasteiger partial charge in [-0.3, -0.25) is 9.80 Å². The van der Waals surface area contributed by atoms with Crippen LogP contribution < -0.4 is 0 Å². The van der Waals surface area contributed by atoms with Gasteiger partial charge in [-0.15, -0.1) is 0 Å². The van der Waals surface area contributed by atoms with Crippen molar-refractivity contribution in [2.45, 2.75) is 90.5 Å². The molecule has 31 heavy (non-hydrogen) atoms. The first-order valence-corrected chi connectivity index (χ1v) is 10.5. The van der Waals surface area contributed by atoms with Gasteiger partial charge in [0.05, 0.1) is 7.11 Å². The van der Waals surface area contributed by atoms with Crippen LogP contribution in [0.1, 0.15) is 67.2 Å². The summed E-state index contributed by atoms with van der Waals surface area (Å²) in [5.74, 6) is -1.33. The molecule has 2 saturated heterocycles. The smallest absolute Gasteiger partial charge is 0.411 e. The van der Waals surface area contributed by atoms with E-state index in [1.165, 1.54) is 16.9 Å². The van der Waals surface area contributed by atoms with Gasteiger partial charge in [0.15, 0.2) is 0 Å². The summed E-state index contributed by atoms with van der Waals surface area (Å²) in [6.45, 7) is 11.7. The molecule has 2 unspecified atom stereocenters. The lowest BCUT2D eigenvalue weighted by Gasteiger charge is -2.27. The van der Waals surface area contributed by atoms with Gasteiger partial charge in [-0.1, -0.05) is 0 Å². The van der Waals surface area contributed by atoms with E-state index in [2.05, 4.69) is 4.74 Å². The molecule has 178 valence electrons. The largest absolute Gasteiger partial charge is 0.480 e. The molecule has 1 N–H and O–H groups in total. The lowest BCUT2D eigenvalue weighted by atomic mass is 10.2. The van der Waals surface area contributed by atoms with Crippen LogP contribution >= 0.6 is 0 Å². The average molecular weight is 445 g/mol. The summed E-state index contributed by atoms with van der Waals surface area (Å²) in [7, 11) is 1.33. The number of carbonyl (C=O) groups excluding carboxylic acids is 3. The van der Waals surface area contributed by atoms with Gasteiger partial charge in [0.2, 0.25) is 0 Å². The molecule has 10 nitrogen and oxygen atoms in total. The number of likely N-dealkylation sites (tertiary alicyclic amines) is 2. The number of nitrogens with zero attached hydrogens (tertiary/aromatic N) is 2. The maximum absolute atomic E-state index is 11.8. The van der Waals surface area contributed by atoms with Crippen LogP contribution in [0.4, 0.5) is 9.59 Å². The number of esters is 1. The third-order valence-electron chi connectivity index (χ3n) is 4.52. The second kappa shape index (κ2) is 10.7. The lowest BCUT2D eigenvalue weighted by molar-refractivity contribution is -0.145. The lowest BCUT2D eigenvalue weighted by Crippen LogP contribution is -2.43. The highest BCUT2D eigenvalue weighted by Gasteiger charge is 2.37. The minimum absolute atomic E-state index is 0.372. The number of hydrogen-bond acceptors (Lipinski definition) is 7. The second-order valence-corrected chi connectivity index (χ2v) is 9.52. The molecule has 0 aromatic rings. The van der Waals surface area contributed by atoms with Crippen molar-refractivity contribution in [3.63, 3.8) is 0 Å². The zero-order chi connectivity index (χ0) is 24.0. The molecule has 2 aliphatic heterocycles. The van der Waals surface area contributed by atoms with Crippen molar-refractivity contribution in [2.75, 3.05) is 20.2 Å². The highest BCUT2D eigenvalue weighted by molar-refractivity contribution is 5.82. The van der Waals surface area contributed by atoms with Crippen LogP contribution in [0.2, 0.25) is 0 Å². The maximum atomic E-state index is 11.8. The minimum atomic E-state index is -0.960. The van der Waals surface area contributed by atoms with E-state index in [1.54, 1.807) is 41.5 Å². The molecular weight excluding hydrogens is 408 g/mol.